The number of amides is 2. The summed E-state index contributed by atoms with van der Waals surface area (Å²) in [6.45, 7) is 2.56. The highest BCUT2D eigenvalue weighted by Crippen LogP contribution is 2.37. The Morgan fingerprint density at radius 1 is 0.969 bits per heavy atom. The number of aryl methyl sites for hydroxylation is 1. The minimum absolute atomic E-state index is 0.159. The molecule has 2 heterocycles. The Kier molecular flexibility index (Phi) is 5.15. The first-order valence-corrected chi connectivity index (χ1v) is 10.7. The van der Waals surface area contributed by atoms with Crippen LogP contribution in [0, 0.1) is 6.92 Å². The first kappa shape index (κ1) is 19.9. The lowest BCUT2D eigenvalue weighted by molar-refractivity contribution is 0.194. The van der Waals surface area contributed by atoms with Crippen LogP contribution in [-0.2, 0) is 6.54 Å². The topological polar surface area (TPSA) is 46.5 Å². The Morgan fingerprint density at radius 3 is 2.59 bits per heavy atom. The van der Waals surface area contributed by atoms with E-state index in [0.29, 0.717) is 18.0 Å². The molecule has 3 aromatic carbocycles. The summed E-state index contributed by atoms with van der Waals surface area (Å²) in [7, 11) is 1.62. The van der Waals surface area contributed by atoms with Gasteiger partial charge in [0.05, 0.1) is 25.4 Å². The fourth-order valence-electron chi connectivity index (χ4n) is 4.33. The van der Waals surface area contributed by atoms with Gasteiger partial charge in [-0.05, 0) is 48.4 Å². The van der Waals surface area contributed by atoms with Crippen molar-refractivity contribution in [3.05, 3.63) is 114 Å². The zero-order chi connectivity index (χ0) is 22.1. The van der Waals surface area contributed by atoms with Crippen molar-refractivity contribution in [1.82, 2.24) is 9.47 Å². The van der Waals surface area contributed by atoms with E-state index in [0.717, 1.165) is 22.5 Å². The van der Waals surface area contributed by atoms with Gasteiger partial charge in [-0.2, -0.15) is 0 Å². The van der Waals surface area contributed by atoms with Crippen LogP contribution in [0.5, 0.6) is 5.75 Å². The molecular formula is C27H25N3O2. The first-order chi connectivity index (χ1) is 15.6. The lowest BCUT2D eigenvalue weighted by atomic mass is 10.0. The molecule has 4 aromatic rings. The molecule has 0 unspecified atom stereocenters. The van der Waals surface area contributed by atoms with Gasteiger partial charge in [0.1, 0.15) is 5.75 Å². The van der Waals surface area contributed by atoms with E-state index in [2.05, 4.69) is 65.5 Å². The predicted octanol–water partition coefficient (Wildman–Crippen LogP) is 5.93. The minimum atomic E-state index is -0.233. The predicted molar refractivity (Wildman–Crippen MR) is 126 cm³/mol. The number of para-hydroxylation sites is 1. The van der Waals surface area contributed by atoms with Crippen molar-refractivity contribution in [2.45, 2.75) is 19.5 Å². The monoisotopic (exact) mass is 423 g/mol. The van der Waals surface area contributed by atoms with Gasteiger partial charge in [0.2, 0.25) is 0 Å². The molecule has 1 aromatic heterocycles. The molecule has 1 atom stereocenters. The third kappa shape index (κ3) is 3.62. The van der Waals surface area contributed by atoms with Crippen molar-refractivity contribution >= 4 is 11.7 Å². The van der Waals surface area contributed by atoms with E-state index >= 15 is 0 Å². The Bertz CT molecular complexity index is 1260. The molecule has 2 amide bonds. The Labute approximate surface area is 187 Å². The summed E-state index contributed by atoms with van der Waals surface area (Å²) < 4.78 is 7.51. The maximum Gasteiger partial charge on any atom is 0.322 e. The second-order valence-electron chi connectivity index (χ2n) is 8.03. The number of urea groups is 1. The van der Waals surface area contributed by atoms with E-state index in [1.165, 1.54) is 5.56 Å². The van der Waals surface area contributed by atoms with Crippen LogP contribution in [0.4, 0.5) is 10.5 Å². The van der Waals surface area contributed by atoms with Crippen LogP contribution >= 0.6 is 0 Å². The van der Waals surface area contributed by atoms with Crippen molar-refractivity contribution < 1.29 is 9.53 Å². The average Bonchev–Trinajstić information content (AvgIpc) is 3.24. The fourth-order valence-corrected chi connectivity index (χ4v) is 4.33. The van der Waals surface area contributed by atoms with Gasteiger partial charge in [-0.1, -0.05) is 54.1 Å². The second kappa shape index (κ2) is 8.27. The second-order valence-corrected chi connectivity index (χ2v) is 8.03. The fraction of sp³-hybridized carbons (Fsp3) is 0.148. The number of anilines is 1. The van der Waals surface area contributed by atoms with E-state index in [1.54, 1.807) is 7.11 Å². The number of methoxy groups -OCH3 is 1. The van der Waals surface area contributed by atoms with Gasteiger partial charge in [-0.25, -0.2) is 4.79 Å². The van der Waals surface area contributed by atoms with Crippen LogP contribution in [0.15, 0.2) is 91.1 Å². The van der Waals surface area contributed by atoms with Crippen molar-refractivity contribution in [2.24, 2.45) is 0 Å². The van der Waals surface area contributed by atoms with E-state index in [9.17, 15) is 4.79 Å². The number of aromatic nitrogens is 1. The number of hydrogen-bond donors (Lipinski definition) is 1. The number of rotatable bonds is 3. The summed E-state index contributed by atoms with van der Waals surface area (Å²) in [5.41, 5.74) is 6.21. The number of nitrogens with zero attached hydrogens (tertiary/aromatic N) is 2. The standard InChI is InChI=1S/C27H25N3O2/c1-19-12-14-20(15-13-19)26-25-11-6-16-29(25)24-10-4-3-7-21(24)18-30(26)27(31)28-22-8-5-9-23(17-22)32-2/h3-17,26H,18H2,1-2H3,(H,28,31)/t26-/m1/s1. The quantitative estimate of drug-likeness (QED) is 0.444. The molecule has 160 valence electrons. The normalized spacial score (nSPS) is 14.8. The first-order valence-electron chi connectivity index (χ1n) is 10.7. The van der Waals surface area contributed by atoms with Gasteiger partial charge >= 0.3 is 6.03 Å². The highest BCUT2D eigenvalue weighted by atomic mass is 16.5. The van der Waals surface area contributed by atoms with Gasteiger partial charge in [-0.3, -0.25) is 0 Å². The number of nitrogens with one attached hydrogen (secondary N) is 1. The van der Waals surface area contributed by atoms with Crippen molar-refractivity contribution in [2.75, 3.05) is 12.4 Å². The number of benzene rings is 3. The molecule has 0 bridgehead atoms. The molecule has 0 radical (unpaired) electrons. The molecule has 0 saturated heterocycles. The number of hydrogen-bond acceptors (Lipinski definition) is 2. The summed E-state index contributed by atoms with van der Waals surface area (Å²) in [5.74, 6) is 0.702. The Hall–Kier alpha value is -3.99. The zero-order valence-corrected chi connectivity index (χ0v) is 18.2. The SMILES string of the molecule is COc1cccc(NC(=O)N2Cc3ccccc3-n3cccc3[C@H]2c2ccc(C)cc2)c1. The molecule has 1 N–H and O–H groups in total. The molecule has 5 rings (SSSR count). The highest BCUT2D eigenvalue weighted by molar-refractivity contribution is 5.90. The van der Waals surface area contributed by atoms with Crippen LogP contribution < -0.4 is 10.1 Å². The van der Waals surface area contributed by atoms with E-state index in [1.807, 2.05) is 47.4 Å². The summed E-state index contributed by atoms with van der Waals surface area (Å²) >= 11 is 0. The summed E-state index contributed by atoms with van der Waals surface area (Å²) in [6, 6.07) is 27.8. The maximum atomic E-state index is 13.7. The molecule has 0 fully saturated rings. The molecule has 32 heavy (non-hydrogen) atoms. The summed E-state index contributed by atoms with van der Waals surface area (Å²) in [4.78, 5) is 15.6. The van der Waals surface area contributed by atoms with Crippen LogP contribution in [0.2, 0.25) is 0 Å². The van der Waals surface area contributed by atoms with Gasteiger partial charge in [0.15, 0.2) is 0 Å². The lowest BCUT2D eigenvalue weighted by Gasteiger charge is -2.31. The smallest absolute Gasteiger partial charge is 0.322 e. The van der Waals surface area contributed by atoms with Crippen molar-refractivity contribution in [3.8, 4) is 11.4 Å². The van der Waals surface area contributed by atoms with Gasteiger partial charge < -0.3 is 19.5 Å². The summed E-state index contributed by atoms with van der Waals surface area (Å²) in [6.07, 6.45) is 2.07. The van der Waals surface area contributed by atoms with Crippen LogP contribution in [0.3, 0.4) is 0 Å². The third-order valence-corrected chi connectivity index (χ3v) is 5.94. The molecule has 1 aliphatic heterocycles. The van der Waals surface area contributed by atoms with E-state index in [4.69, 9.17) is 4.74 Å². The van der Waals surface area contributed by atoms with Gasteiger partial charge in [0, 0.05) is 23.6 Å². The van der Waals surface area contributed by atoms with Crippen LogP contribution in [0.25, 0.3) is 5.69 Å². The van der Waals surface area contributed by atoms with Crippen molar-refractivity contribution in [1.29, 1.82) is 0 Å². The summed E-state index contributed by atoms with van der Waals surface area (Å²) in [5, 5.41) is 3.08. The molecule has 0 aliphatic carbocycles. The van der Waals surface area contributed by atoms with Gasteiger partial charge in [-0.15, -0.1) is 0 Å². The Balaban J connectivity index is 1.61. The average molecular weight is 424 g/mol. The number of carbonyl (C=O) groups is 1. The molecule has 0 spiro atoms. The molecule has 0 saturated carbocycles. The third-order valence-electron chi connectivity index (χ3n) is 5.94. The minimum Gasteiger partial charge on any atom is -0.497 e. The van der Waals surface area contributed by atoms with Gasteiger partial charge in [0.25, 0.3) is 0 Å². The zero-order valence-electron chi connectivity index (χ0n) is 18.2. The molecule has 5 heteroatoms. The lowest BCUT2D eigenvalue weighted by Crippen LogP contribution is -2.37. The maximum absolute atomic E-state index is 13.7. The molecule has 5 nitrogen and oxygen atoms in total. The largest absolute Gasteiger partial charge is 0.497 e. The molecule has 1 aliphatic rings. The van der Waals surface area contributed by atoms with E-state index < -0.39 is 0 Å². The Morgan fingerprint density at radius 2 is 1.78 bits per heavy atom. The highest BCUT2D eigenvalue weighted by Gasteiger charge is 2.33. The number of carbonyl (C=O) groups excluding carboxylic acids is 1. The van der Waals surface area contributed by atoms with Crippen LogP contribution in [0.1, 0.15) is 28.4 Å². The van der Waals surface area contributed by atoms with E-state index in [-0.39, 0.29) is 12.1 Å². The number of fused-ring (bicyclic) bond motifs is 3. The molecular weight excluding hydrogens is 398 g/mol. The number of ether oxygens (including phenoxy) is 1. The van der Waals surface area contributed by atoms with Crippen LogP contribution in [-0.4, -0.2) is 22.6 Å². The van der Waals surface area contributed by atoms with Crippen molar-refractivity contribution in [3.63, 3.8) is 0 Å².